The lowest BCUT2D eigenvalue weighted by molar-refractivity contribution is 0.309. The van der Waals surface area contributed by atoms with Crippen LogP contribution >= 0.6 is 15.9 Å². The normalized spacial score (nSPS) is 10.9. The van der Waals surface area contributed by atoms with Gasteiger partial charge in [0.2, 0.25) is 0 Å². The van der Waals surface area contributed by atoms with Crippen LogP contribution in [0.2, 0.25) is 0 Å². The summed E-state index contributed by atoms with van der Waals surface area (Å²) in [5, 5.41) is 3.40. The molecule has 0 aliphatic rings. The second kappa shape index (κ2) is 8.20. The zero-order valence-electron chi connectivity index (χ0n) is 12.6. The Morgan fingerprint density at radius 1 is 1.10 bits per heavy atom. The molecule has 0 aromatic heterocycles. The third-order valence-electron chi connectivity index (χ3n) is 3.30. The molecule has 2 rings (SSSR count). The van der Waals surface area contributed by atoms with Crippen LogP contribution in [0, 0.1) is 0 Å². The highest BCUT2D eigenvalue weighted by Crippen LogP contribution is 2.29. The van der Waals surface area contributed by atoms with Crippen LogP contribution in [0.15, 0.2) is 53.0 Å². The molecule has 0 heterocycles. The molecular weight excluding hydrogens is 326 g/mol. The first-order valence-electron chi connectivity index (χ1n) is 7.33. The standard InChI is InChI=1S/C18H22BrNO/c1-14(2)17-12-16(19)8-9-18(17)21-11-10-20-13-15-6-4-3-5-7-15/h3-9,12,14,20H,10-11,13H2,1-2H3. The highest BCUT2D eigenvalue weighted by Gasteiger charge is 2.08. The molecule has 0 unspecified atom stereocenters. The van der Waals surface area contributed by atoms with Gasteiger partial charge < -0.3 is 10.1 Å². The summed E-state index contributed by atoms with van der Waals surface area (Å²) in [6, 6.07) is 16.6. The van der Waals surface area contributed by atoms with Crippen molar-refractivity contribution in [3.63, 3.8) is 0 Å². The molecule has 0 spiro atoms. The largest absolute Gasteiger partial charge is 0.492 e. The maximum Gasteiger partial charge on any atom is 0.122 e. The molecule has 0 saturated heterocycles. The number of rotatable bonds is 7. The van der Waals surface area contributed by atoms with Crippen molar-refractivity contribution in [3.8, 4) is 5.75 Å². The summed E-state index contributed by atoms with van der Waals surface area (Å²) in [6.45, 7) is 6.75. The number of ether oxygens (including phenoxy) is 1. The molecule has 0 radical (unpaired) electrons. The van der Waals surface area contributed by atoms with Gasteiger partial charge in [-0.1, -0.05) is 60.1 Å². The Kier molecular flexibility index (Phi) is 6.27. The van der Waals surface area contributed by atoms with Crippen molar-refractivity contribution in [2.75, 3.05) is 13.2 Å². The second-order valence-corrected chi connectivity index (χ2v) is 6.26. The minimum Gasteiger partial charge on any atom is -0.492 e. The maximum atomic E-state index is 5.91. The van der Waals surface area contributed by atoms with Crippen molar-refractivity contribution in [2.45, 2.75) is 26.3 Å². The summed E-state index contributed by atoms with van der Waals surface area (Å²) in [5.74, 6) is 1.43. The molecule has 2 aromatic rings. The lowest BCUT2D eigenvalue weighted by Gasteiger charge is -2.14. The summed E-state index contributed by atoms with van der Waals surface area (Å²) < 4.78 is 7.01. The van der Waals surface area contributed by atoms with E-state index < -0.39 is 0 Å². The molecule has 0 atom stereocenters. The van der Waals surface area contributed by atoms with Crippen LogP contribution in [0.1, 0.15) is 30.9 Å². The Labute approximate surface area is 135 Å². The van der Waals surface area contributed by atoms with Gasteiger partial charge in [0.25, 0.3) is 0 Å². The molecule has 2 nitrogen and oxygen atoms in total. The molecule has 0 saturated carbocycles. The fraction of sp³-hybridized carbons (Fsp3) is 0.333. The van der Waals surface area contributed by atoms with Crippen LogP contribution in [-0.2, 0) is 6.54 Å². The average molecular weight is 348 g/mol. The molecule has 0 aliphatic heterocycles. The van der Waals surface area contributed by atoms with Gasteiger partial charge in [0.15, 0.2) is 0 Å². The first-order valence-corrected chi connectivity index (χ1v) is 8.13. The monoisotopic (exact) mass is 347 g/mol. The quantitative estimate of drug-likeness (QED) is 0.730. The van der Waals surface area contributed by atoms with E-state index in [4.69, 9.17) is 4.74 Å². The van der Waals surface area contributed by atoms with Gasteiger partial charge in [-0.3, -0.25) is 0 Å². The van der Waals surface area contributed by atoms with Crippen molar-refractivity contribution in [1.82, 2.24) is 5.32 Å². The minimum atomic E-state index is 0.453. The smallest absolute Gasteiger partial charge is 0.122 e. The summed E-state index contributed by atoms with van der Waals surface area (Å²) in [4.78, 5) is 0. The third-order valence-corrected chi connectivity index (χ3v) is 3.80. The highest BCUT2D eigenvalue weighted by atomic mass is 79.9. The molecule has 3 heteroatoms. The van der Waals surface area contributed by atoms with Crippen LogP contribution < -0.4 is 10.1 Å². The molecule has 112 valence electrons. The van der Waals surface area contributed by atoms with E-state index in [1.165, 1.54) is 11.1 Å². The second-order valence-electron chi connectivity index (χ2n) is 5.35. The van der Waals surface area contributed by atoms with E-state index in [1.807, 2.05) is 18.2 Å². The molecular formula is C18H22BrNO. The van der Waals surface area contributed by atoms with E-state index >= 15 is 0 Å². The minimum absolute atomic E-state index is 0.453. The van der Waals surface area contributed by atoms with Crippen LogP contribution in [-0.4, -0.2) is 13.2 Å². The number of nitrogens with one attached hydrogen (secondary N) is 1. The number of benzene rings is 2. The van der Waals surface area contributed by atoms with Crippen molar-refractivity contribution < 1.29 is 4.74 Å². The third kappa shape index (κ3) is 5.18. The highest BCUT2D eigenvalue weighted by molar-refractivity contribution is 9.10. The van der Waals surface area contributed by atoms with Crippen LogP contribution in [0.25, 0.3) is 0 Å². The van der Waals surface area contributed by atoms with Gasteiger partial charge in [-0.2, -0.15) is 0 Å². The number of hydrogen-bond acceptors (Lipinski definition) is 2. The lowest BCUT2D eigenvalue weighted by Crippen LogP contribution is -2.20. The molecule has 2 aromatic carbocycles. The van der Waals surface area contributed by atoms with E-state index in [0.717, 1.165) is 23.3 Å². The van der Waals surface area contributed by atoms with E-state index in [9.17, 15) is 0 Å². The zero-order valence-corrected chi connectivity index (χ0v) is 14.2. The number of halogens is 1. The molecule has 0 bridgehead atoms. The lowest BCUT2D eigenvalue weighted by atomic mass is 10.0. The van der Waals surface area contributed by atoms with Gasteiger partial charge in [-0.15, -0.1) is 0 Å². The van der Waals surface area contributed by atoms with Crippen LogP contribution in [0.5, 0.6) is 5.75 Å². The molecule has 1 N–H and O–H groups in total. The van der Waals surface area contributed by atoms with E-state index in [0.29, 0.717) is 12.5 Å². The van der Waals surface area contributed by atoms with Gasteiger partial charge in [0, 0.05) is 17.6 Å². The van der Waals surface area contributed by atoms with Crippen molar-refractivity contribution >= 4 is 15.9 Å². The Balaban J connectivity index is 1.78. The molecule has 0 fully saturated rings. The summed E-state index contributed by atoms with van der Waals surface area (Å²) in [5.41, 5.74) is 2.54. The summed E-state index contributed by atoms with van der Waals surface area (Å²) >= 11 is 3.52. The Bertz CT molecular complexity index is 554. The zero-order chi connectivity index (χ0) is 15.1. The van der Waals surface area contributed by atoms with Gasteiger partial charge in [-0.25, -0.2) is 0 Å². The van der Waals surface area contributed by atoms with E-state index in [-0.39, 0.29) is 0 Å². The Hall–Kier alpha value is -1.32. The van der Waals surface area contributed by atoms with Crippen molar-refractivity contribution in [1.29, 1.82) is 0 Å². The van der Waals surface area contributed by atoms with E-state index in [2.05, 4.69) is 65.4 Å². The van der Waals surface area contributed by atoms with Gasteiger partial charge in [0.1, 0.15) is 12.4 Å². The van der Waals surface area contributed by atoms with Gasteiger partial charge in [0.05, 0.1) is 0 Å². The van der Waals surface area contributed by atoms with E-state index in [1.54, 1.807) is 0 Å². The SMILES string of the molecule is CC(C)c1cc(Br)ccc1OCCNCc1ccccc1. The Morgan fingerprint density at radius 2 is 1.86 bits per heavy atom. The topological polar surface area (TPSA) is 21.3 Å². The summed E-state index contributed by atoms with van der Waals surface area (Å²) in [6.07, 6.45) is 0. The first-order chi connectivity index (χ1) is 10.2. The fourth-order valence-electron chi connectivity index (χ4n) is 2.16. The summed E-state index contributed by atoms with van der Waals surface area (Å²) in [7, 11) is 0. The molecule has 0 amide bonds. The first kappa shape index (κ1) is 16.1. The molecule has 0 aliphatic carbocycles. The van der Waals surface area contributed by atoms with Crippen molar-refractivity contribution in [2.24, 2.45) is 0 Å². The average Bonchev–Trinajstić information content (AvgIpc) is 2.49. The van der Waals surface area contributed by atoms with Crippen molar-refractivity contribution in [3.05, 3.63) is 64.1 Å². The van der Waals surface area contributed by atoms with Crippen LogP contribution in [0.4, 0.5) is 0 Å². The molecule has 21 heavy (non-hydrogen) atoms. The predicted octanol–water partition coefficient (Wildman–Crippen LogP) is 4.74. The predicted molar refractivity (Wildman–Crippen MR) is 91.9 cm³/mol. The fourth-order valence-corrected chi connectivity index (χ4v) is 2.54. The Morgan fingerprint density at radius 3 is 2.57 bits per heavy atom. The van der Waals surface area contributed by atoms with Crippen LogP contribution in [0.3, 0.4) is 0 Å². The van der Waals surface area contributed by atoms with Gasteiger partial charge in [-0.05, 0) is 35.2 Å². The van der Waals surface area contributed by atoms with Gasteiger partial charge >= 0.3 is 0 Å². The number of hydrogen-bond donors (Lipinski definition) is 1. The maximum absolute atomic E-state index is 5.91.